The summed E-state index contributed by atoms with van der Waals surface area (Å²) in [4.78, 5) is 0. The van der Waals surface area contributed by atoms with Gasteiger partial charge in [0, 0.05) is 19.2 Å². The second kappa shape index (κ2) is 7.39. The number of methoxy groups -OCH3 is 1. The fourth-order valence-corrected chi connectivity index (χ4v) is 1.82. The van der Waals surface area contributed by atoms with Gasteiger partial charge in [-0.1, -0.05) is 26.0 Å². The third kappa shape index (κ3) is 4.31. The quantitative estimate of drug-likeness (QED) is 0.782. The number of aliphatic hydroxyl groups is 1. The number of benzene rings is 1. The third-order valence-electron chi connectivity index (χ3n) is 3.49. The van der Waals surface area contributed by atoms with Crippen LogP contribution in [0.2, 0.25) is 0 Å². The molecule has 1 rings (SSSR count). The first-order valence-corrected chi connectivity index (χ1v) is 6.56. The fourth-order valence-electron chi connectivity index (χ4n) is 1.82. The van der Waals surface area contributed by atoms with Crippen molar-refractivity contribution in [2.24, 2.45) is 5.92 Å². The van der Waals surface area contributed by atoms with Gasteiger partial charge >= 0.3 is 0 Å². The minimum absolute atomic E-state index is 0.233. The Morgan fingerprint density at radius 1 is 1.17 bits per heavy atom. The zero-order valence-corrected chi connectivity index (χ0v) is 11.8. The van der Waals surface area contributed by atoms with Gasteiger partial charge in [0.15, 0.2) is 0 Å². The zero-order chi connectivity index (χ0) is 13.5. The zero-order valence-electron chi connectivity index (χ0n) is 11.8. The van der Waals surface area contributed by atoms with Crippen molar-refractivity contribution in [3.8, 4) is 5.75 Å². The Kier molecular flexibility index (Phi) is 6.16. The molecule has 0 spiro atoms. The maximum atomic E-state index is 9.01. The fraction of sp³-hybridized carbons (Fsp3) is 0.600. The lowest BCUT2D eigenvalue weighted by Gasteiger charge is -2.23. The minimum Gasteiger partial charge on any atom is -0.497 e. The molecule has 0 radical (unpaired) electrons. The van der Waals surface area contributed by atoms with E-state index >= 15 is 0 Å². The van der Waals surface area contributed by atoms with Crippen LogP contribution in [-0.4, -0.2) is 31.4 Å². The molecule has 102 valence electrons. The summed E-state index contributed by atoms with van der Waals surface area (Å²) >= 11 is 0. The number of ether oxygens (including phenoxy) is 1. The lowest BCUT2D eigenvalue weighted by molar-refractivity contribution is 0.229. The summed E-state index contributed by atoms with van der Waals surface area (Å²) in [5.74, 6) is 1.62. The Hall–Kier alpha value is -1.06. The van der Waals surface area contributed by atoms with Crippen LogP contribution in [0.15, 0.2) is 24.3 Å². The van der Waals surface area contributed by atoms with Gasteiger partial charge in [-0.05, 0) is 36.5 Å². The molecule has 0 heterocycles. The van der Waals surface area contributed by atoms with E-state index in [1.165, 1.54) is 5.56 Å². The number of aliphatic hydroxyl groups excluding tert-OH is 1. The van der Waals surface area contributed by atoms with Crippen LogP contribution in [0, 0.1) is 5.92 Å². The first kappa shape index (κ1) is 15.0. The van der Waals surface area contributed by atoms with Gasteiger partial charge < -0.3 is 15.2 Å². The molecule has 0 saturated carbocycles. The summed E-state index contributed by atoms with van der Waals surface area (Å²) in [5, 5.41) is 12.5. The second-order valence-corrected chi connectivity index (χ2v) is 5.05. The van der Waals surface area contributed by atoms with Crippen molar-refractivity contribution in [3.63, 3.8) is 0 Å². The first-order chi connectivity index (χ1) is 8.58. The summed E-state index contributed by atoms with van der Waals surface area (Å²) in [7, 11) is 1.68. The van der Waals surface area contributed by atoms with Crippen molar-refractivity contribution in [2.45, 2.75) is 32.7 Å². The standard InChI is InChI=1S/C15H25NO2/c1-11(10-17)9-16-13(3)12(2)14-5-7-15(18-4)8-6-14/h5-8,11-13,16-17H,9-10H2,1-4H3. The van der Waals surface area contributed by atoms with Gasteiger partial charge in [-0.25, -0.2) is 0 Å². The van der Waals surface area contributed by atoms with Gasteiger partial charge in [-0.2, -0.15) is 0 Å². The van der Waals surface area contributed by atoms with Crippen molar-refractivity contribution in [1.82, 2.24) is 5.32 Å². The van der Waals surface area contributed by atoms with Crippen LogP contribution in [-0.2, 0) is 0 Å². The van der Waals surface area contributed by atoms with E-state index < -0.39 is 0 Å². The Morgan fingerprint density at radius 3 is 2.28 bits per heavy atom. The van der Waals surface area contributed by atoms with Gasteiger partial charge in [-0.3, -0.25) is 0 Å². The molecule has 0 saturated heterocycles. The number of nitrogens with one attached hydrogen (secondary N) is 1. The molecule has 0 bridgehead atoms. The molecular weight excluding hydrogens is 226 g/mol. The highest BCUT2D eigenvalue weighted by atomic mass is 16.5. The SMILES string of the molecule is COc1ccc(C(C)C(C)NCC(C)CO)cc1. The van der Waals surface area contributed by atoms with Gasteiger partial charge in [-0.15, -0.1) is 0 Å². The van der Waals surface area contributed by atoms with Crippen molar-refractivity contribution >= 4 is 0 Å². The molecule has 18 heavy (non-hydrogen) atoms. The monoisotopic (exact) mass is 251 g/mol. The number of hydrogen-bond donors (Lipinski definition) is 2. The Bertz CT molecular complexity index is 337. The topological polar surface area (TPSA) is 41.5 Å². The van der Waals surface area contributed by atoms with Crippen molar-refractivity contribution in [1.29, 1.82) is 0 Å². The summed E-state index contributed by atoms with van der Waals surface area (Å²) in [6, 6.07) is 8.59. The molecule has 3 nitrogen and oxygen atoms in total. The lowest BCUT2D eigenvalue weighted by Crippen LogP contribution is -2.35. The normalized spacial score (nSPS) is 16.1. The van der Waals surface area contributed by atoms with E-state index in [0.717, 1.165) is 12.3 Å². The highest BCUT2D eigenvalue weighted by Crippen LogP contribution is 2.21. The predicted octanol–water partition coefficient (Wildman–Crippen LogP) is 2.41. The van der Waals surface area contributed by atoms with E-state index in [0.29, 0.717) is 17.9 Å². The molecule has 3 atom stereocenters. The molecule has 0 fully saturated rings. The van der Waals surface area contributed by atoms with Gasteiger partial charge in [0.25, 0.3) is 0 Å². The molecule has 0 aliphatic rings. The van der Waals surface area contributed by atoms with Gasteiger partial charge in [0.2, 0.25) is 0 Å². The van der Waals surface area contributed by atoms with Crippen molar-refractivity contribution in [3.05, 3.63) is 29.8 Å². The van der Waals surface area contributed by atoms with Crippen LogP contribution in [0.4, 0.5) is 0 Å². The molecule has 0 aliphatic heterocycles. The first-order valence-electron chi connectivity index (χ1n) is 6.56. The number of hydrogen-bond acceptors (Lipinski definition) is 3. The van der Waals surface area contributed by atoms with Crippen LogP contribution in [0.3, 0.4) is 0 Å². The lowest BCUT2D eigenvalue weighted by atomic mass is 9.94. The summed E-state index contributed by atoms with van der Waals surface area (Å²) < 4.78 is 5.16. The average Bonchev–Trinajstić information content (AvgIpc) is 2.43. The molecule has 0 aliphatic carbocycles. The molecule has 0 aromatic heterocycles. The number of rotatable bonds is 7. The van der Waals surface area contributed by atoms with E-state index in [-0.39, 0.29) is 6.61 Å². The van der Waals surface area contributed by atoms with E-state index in [9.17, 15) is 0 Å². The summed E-state index contributed by atoms with van der Waals surface area (Å²) in [6.07, 6.45) is 0. The third-order valence-corrected chi connectivity index (χ3v) is 3.49. The van der Waals surface area contributed by atoms with E-state index in [1.54, 1.807) is 7.11 Å². The van der Waals surface area contributed by atoms with Crippen molar-refractivity contribution in [2.75, 3.05) is 20.3 Å². The van der Waals surface area contributed by atoms with Gasteiger partial charge in [0.1, 0.15) is 5.75 Å². The van der Waals surface area contributed by atoms with Crippen LogP contribution >= 0.6 is 0 Å². The maximum Gasteiger partial charge on any atom is 0.118 e. The summed E-state index contributed by atoms with van der Waals surface area (Å²) in [5.41, 5.74) is 1.30. The predicted molar refractivity (Wildman–Crippen MR) is 75.1 cm³/mol. The minimum atomic E-state index is 0.233. The molecule has 1 aromatic carbocycles. The molecule has 2 N–H and O–H groups in total. The molecule has 0 amide bonds. The molecule has 1 aromatic rings. The maximum absolute atomic E-state index is 9.01. The van der Waals surface area contributed by atoms with Crippen LogP contribution in [0.1, 0.15) is 32.3 Å². The van der Waals surface area contributed by atoms with Crippen molar-refractivity contribution < 1.29 is 9.84 Å². The van der Waals surface area contributed by atoms with Crippen LogP contribution in [0.5, 0.6) is 5.75 Å². The molecule has 3 heteroatoms. The smallest absolute Gasteiger partial charge is 0.118 e. The van der Waals surface area contributed by atoms with Gasteiger partial charge in [0.05, 0.1) is 7.11 Å². The van der Waals surface area contributed by atoms with Crippen LogP contribution in [0.25, 0.3) is 0 Å². The summed E-state index contributed by atoms with van der Waals surface area (Å²) in [6.45, 7) is 7.51. The average molecular weight is 251 g/mol. The Labute approximate surface area is 110 Å². The Balaban J connectivity index is 2.53. The Morgan fingerprint density at radius 2 is 1.78 bits per heavy atom. The second-order valence-electron chi connectivity index (χ2n) is 5.05. The van der Waals surface area contributed by atoms with Crippen LogP contribution < -0.4 is 10.1 Å². The van der Waals surface area contributed by atoms with E-state index in [4.69, 9.17) is 9.84 Å². The highest BCUT2D eigenvalue weighted by molar-refractivity contribution is 5.29. The van der Waals surface area contributed by atoms with E-state index in [2.05, 4.69) is 31.3 Å². The molecular formula is C15H25NO2. The largest absolute Gasteiger partial charge is 0.497 e. The van der Waals surface area contributed by atoms with E-state index in [1.807, 2.05) is 19.1 Å². The molecule has 3 unspecified atom stereocenters. The highest BCUT2D eigenvalue weighted by Gasteiger charge is 2.14.